The number of rotatable bonds is 3. The zero-order chi connectivity index (χ0) is 16.5. The molecule has 4 rings (SSSR count). The molecule has 2 aromatic carbocycles. The number of halogens is 1. The van der Waals surface area contributed by atoms with Crippen molar-refractivity contribution in [2.45, 2.75) is 25.3 Å². The van der Waals surface area contributed by atoms with Crippen molar-refractivity contribution in [2.24, 2.45) is 0 Å². The number of H-pyrrole nitrogens is 1. The third-order valence-electron chi connectivity index (χ3n) is 4.75. The van der Waals surface area contributed by atoms with E-state index in [0.29, 0.717) is 5.89 Å². The van der Waals surface area contributed by atoms with Gasteiger partial charge in [-0.3, -0.25) is 4.90 Å². The molecule has 3 aromatic rings. The number of nitrogens with zero attached hydrogens (tertiary/aromatic N) is 2. The zero-order valence-electron chi connectivity index (χ0n) is 13.2. The summed E-state index contributed by atoms with van der Waals surface area (Å²) in [5, 5.41) is 9.41. The van der Waals surface area contributed by atoms with E-state index < -0.39 is 5.76 Å². The van der Waals surface area contributed by atoms with Crippen LogP contribution in [-0.2, 0) is 6.54 Å². The molecule has 0 amide bonds. The van der Waals surface area contributed by atoms with Crippen molar-refractivity contribution in [1.29, 1.82) is 0 Å². The van der Waals surface area contributed by atoms with Crippen LogP contribution in [0, 0.1) is 0 Å². The first-order valence-corrected chi connectivity index (χ1v) is 8.52. The Hall–Kier alpha value is -2.11. The third-order valence-corrected chi connectivity index (χ3v) is 5.08. The van der Waals surface area contributed by atoms with Crippen molar-refractivity contribution in [3.8, 4) is 0 Å². The average Bonchev–Trinajstić information content (AvgIpc) is 3.05. The Morgan fingerprint density at radius 3 is 2.62 bits per heavy atom. The Morgan fingerprint density at radius 2 is 1.92 bits per heavy atom. The summed E-state index contributed by atoms with van der Waals surface area (Å²) in [6.07, 6.45) is 1.89. The van der Waals surface area contributed by atoms with Crippen LogP contribution in [0.1, 0.15) is 30.2 Å². The lowest BCUT2D eigenvalue weighted by Gasteiger charge is -2.30. The van der Waals surface area contributed by atoms with Crippen molar-refractivity contribution < 1.29 is 4.42 Å². The fraction of sp³-hybridized carbons (Fsp3) is 0.333. The number of benzene rings is 2. The maximum Gasteiger partial charge on any atom is 0.434 e. The highest BCUT2D eigenvalue weighted by atomic mass is 35.5. The molecule has 0 bridgehead atoms. The zero-order valence-corrected chi connectivity index (χ0v) is 13.9. The van der Waals surface area contributed by atoms with Crippen LogP contribution in [0.2, 0.25) is 5.02 Å². The van der Waals surface area contributed by atoms with E-state index in [1.165, 1.54) is 10.9 Å². The number of likely N-dealkylation sites (tertiary alicyclic amines) is 1. The molecule has 0 spiro atoms. The lowest BCUT2D eigenvalue weighted by Crippen LogP contribution is -2.32. The van der Waals surface area contributed by atoms with E-state index in [0.717, 1.165) is 42.9 Å². The number of piperidine rings is 1. The molecule has 2 heterocycles. The van der Waals surface area contributed by atoms with Gasteiger partial charge in [0.1, 0.15) is 0 Å². The number of aromatic amines is 1. The van der Waals surface area contributed by atoms with E-state index in [1.807, 2.05) is 18.2 Å². The van der Waals surface area contributed by atoms with Crippen LogP contribution >= 0.6 is 11.6 Å². The Bertz CT molecular complexity index is 910. The minimum Gasteiger partial charge on any atom is -0.392 e. The van der Waals surface area contributed by atoms with Crippen molar-refractivity contribution >= 4 is 22.4 Å². The highest BCUT2D eigenvalue weighted by Crippen LogP contribution is 2.30. The van der Waals surface area contributed by atoms with Crippen LogP contribution in [0.15, 0.2) is 45.6 Å². The smallest absolute Gasteiger partial charge is 0.392 e. The largest absolute Gasteiger partial charge is 0.434 e. The number of aromatic nitrogens is 2. The quantitative estimate of drug-likeness (QED) is 0.790. The van der Waals surface area contributed by atoms with Gasteiger partial charge < -0.3 is 4.42 Å². The van der Waals surface area contributed by atoms with E-state index in [9.17, 15) is 4.79 Å². The van der Waals surface area contributed by atoms with E-state index >= 15 is 0 Å². The lowest BCUT2D eigenvalue weighted by molar-refractivity contribution is 0.192. The Morgan fingerprint density at radius 1 is 1.17 bits per heavy atom. The second-order valence-electron chi connectivity index (χ2n) is 6.25. The summed E-state index contributed by atoms with van der Waals surface area (Å²) in [6.45, 7) is 2.81. The second-order valence-corrected chi connectivity index (χ2v) is 6.66. The second kappa shape index (κ2) is 6.42. The number of hydrogen-bond acceptors (Lipinski definition) is 4. The van der Waals surface area contributed by atoms with Gasteiger partial charge in [-0.15, -0.1) is 5.10 Å². The fourth-order valence-corrected chi connectivity index (χ4v) is 3.69. The molecule has 1 saturated heterocycles. The molecule has 0 radical (unpaired) electrons. The number of nitrogens with one attached hydrogen (secondary N) is 1. The summed E-state index contributed by atoms with van der Waals surface area (Å²) in [6, 6.07) is 12.3. The van der Waals surface area contributed by atoms with Gasteiger partial charge in [0, 0.05) is 22.9 Å². The van der Waals surface area contributed by atoms with Crippen molar-refractivity contribution in [3.05, 3.63) is 63.4 Å². The Labute approximate surface area is 144 Å². The van der Waals surface area contributed by atoms with Gasteiger partial charge in [-0.25, -0.2) is 9.89 Å². The Balaban J connectivity index is 1.48. The van der Waals surface area contributed by atoms with Crippen LogP contribution in [0.5, 0.6) is 0 Å². The van der Waals surface area contributed by atoms with E-state index in [1.54, 1.807) is 0 Å². The summed E-state index contributed by atoms with van der Waals surface area (Å²) in [4.78, 5) is 13.5. The highest BCUT2D eigenvalue weighted by molar-refractivity contribution is 6.35. The SMILES string of the molecule is O=c1[nH]nc(C2CCN(Cc3ccc(Cl)c4ccccc34)CC2)o1. The molecule has 1 aliphatic rings. The lowest BCUT2D eigenvalue weighted by atomic mass is 9.96. The molecular weight excluding hydrogens is 326 g/mol. The van der Waals surface area contributed by atoms with Crippen molar-refractivity contribution in [1.82, 2.24) is 15.1 Å². The van der Waals surface area contributed by atoms with Gasteiger partial charge >= 0.3 is 5.76 Å². The van der Waals surface area contributed by atoms with E-state index in [2.05, 4.69) is 33.3 Å². The first-order chi connectivity index (χ1) is 11.7. The highest BCUT2D eigenvalue weighted by Gasteiger charge is 2.24. The first kappa shape index (κ1) is 15.4. The minimum atomic E-state index is -0.472. The monoisotopic (exact) mass is 343 g/mol. The van der Waals surface area contributed by atoms with Gasteiger partial charge in [0.2, 0.25) is 5.89 Å². The van der Waals surface area contributed by atoms with Crippen molar-refractivity contribution in [3.63, 3.8) is 0 Å². The van der Waals surface area contributed by atoms with E-state index in [-0.39, 0.29) is 5.92 Å². The summed E-state index contributed by atoms with van der Waals surface area (Å²) in [5.74, 6) is 0.291. The van der Waals surface area contributed by atoms with Gasteiger partial charge in [0.05, 0.1) is 0 Å². The molecule has 0 unspecified atom stereocenters. The number of fused-ring (bicyclic) bond motifs is 1. The molecule has 1 aliphatic heterocycles. The molecule has 0 aliphatic carbocycles. The molecular formula is C18H18ClN3O2. The normalized spacial score (nSPS) is 16.7. The van der Waals surface area contributed by atoms with Crippen LogP contribution in [0.4, 0.5) is 0 Å². The van der Waals surface area contributed by atoms with Crippen LogP contribution in [0.25, 0.3) is 10.8 Å². The third kappa shape index (κ3) is 2.97. The molecule has 5 nitrogen and oxygen atoms in total. The summed E-state index contributed by atoms with van der Waals surface area (Å²) < 4.78 is 5.09. The number of hydrogen-bond donors (Lipinski definition) is 1. The van der Waals surface area contributed by atoms with Gasteiger partial charge in [-0.05, 0) is 42.9 Å². The predicted molar refractivity (Wildman–Crippen MR) is 93.3 cm³/mol. The summed E-state index contributed by atoms with van der Waals surface area (Å²) in [7, 11) is 0. The van der Waals surface area contributed by atoms with Crippen LogP contribution in [0.3, 0.4) is 0 Å². The maximum atomic E-state index is 11.1. The topological polar surface area (TPSA) is 62.1 Å². The molecule has 0 atom stereocenters. The first-order valence-electron chi connectivity index (χ1n) is 8.14. The molecule has 6 heteroatoms. The van der Waals surface area contributed by atoms with Gasteiger partial charge in [-0.2, -0.15) is 0 Å². The van der Waals surface area contributed by atoms with Crippen LogP contribution in [-0.4, -0.2) is 28.2 Å². The molecule has 1 aromatic heterocycles. The molecule has 1 N–H and O–H groups in total. The predicted octanol–water partition coefficient (Wildman–Crippen LogP) is 3.55. The molecule has 1 fully saturated rings. The van der Waals surface area contributed by atoms with Gasteiger partial charge in [0.25, 0.3) is 0 Å². The fourth-order valence-electron chi connectivity index (χ4n) is 3.46. The molecule has 0 saturated carbocycles. The Kier molecular flexibility index (Phi) is 4.12. The summed E-state index contributed by atoms with van der Waals surface area (Å²) in [5.41, 5.74) is 1.29. The average molecular weight is 344 g/mol. The molecule has 124 valence electrons. The molecule has 24 heavy (non-hydrogen) atoms. The summed E-state index contributed by atoms with van der Waals surface area (Å²) >= 11 is 6.30. The van der Waals surface area contributed by atoms with Crippen molar-refractivity contribution in [2.75, 3.05) is 13.1 Å². The maximum absolute atomic E-state index is 11.1. The minimum absolute atomic E-state index is 0.224. The van der Waals surface area contributed by atoms with Gasteiger partial charge in [-0.1, -0.05) is 41.9 Å². The standard InChI is InChI=1S/C18H18ClN3O2/c19-16-6-5-13(14-3-1-2-4-15(14)16)11-22-9-7-12(8-10-22)17-20-21-18(23)24-17/h1-6,12H,7-11H2,(H,21,23). The van der Waals surface area contributed by atoms with Crippen LogP contribution < -0.4 is 5.76 Å². The van der Waals surface area contributed by atoms with E-state index in [4.69, 9.17) is 16.0 Å². The van der Waals surface area contributed by atoms with Gasteiger partial charge in [0.15, 0.2) is 0 Å².